The molecule has 1 heterocycles. The van der Waals surface area contributed by atoms with E-state index in [2.05, 4.69) is 11.1 Å². The van der Waals surface area contributed by atoms with E-state index in [9.17, 15) is 4.79 Å². The summed E-state index contributed by atoms with van der Waals surface area (Å²) >= 11 is 1.59. The average Bonchev–Trinajstić information content (AvgIpc) is 3.10. The van der Waals surface area contributed by atoms with E-state index in [1.807, 2.05) is 13.0 Å². The molecule has 0 bridgehead atoms. The monoisotopic (exact) mass is 232 g/mol. The van der Waals surface area contributed by atoms with Crippen molar-refractivity contribution < 1.29 is 4.79 Å². The molecule has 0 saturated heterocycles. The first-order valence-corrected chi connectivity index (χ1v) is 6.24. The smallest absolute Gasteiger partial charge is 0.169 e. The highest BCUT2D eigenvalue weighted by Gasteiger charge is 2.45. The largest absolute Gasteiger partial charge is 0.296 e. The fourth-order valence-electron chi connectivity index (χ4n) is 1.67. The fraction of sp³-hybridized carbons (Fsp3) is 0.417. The van der Waals surface area contributed by atoms with Crippen LogP contribution in [0.5, 0.6) is 0 Å². The number of pyridine rings is 1. The minimum atomic E-state index is -0.322. The van der Waals surface area contributed by atoms with Crippen LogP contribution in [0.3, 0.4) is 0 Å². The third kappa shape index (κ3) is 1.83. The van der Waals surface area contributed by atoms with Gasteiger partial charge in [0.1, 0.15) is 5.69 Å². The molecule has 0 aromatic carbocycles. The van der Waals surface area contributed by atoms with Crippen LogP contribution in [0.1, 0.15) is 35.8 Å². The SMILES string of the molecule is CCSc1cc(C2(C#N)CC2)cnc1C=O. The number of rotatable bonds is 4. The van der Waals surface area contributed by atoms with Gasteiger partial charge in [0.05, 0.1) is 11.5 Å². The molecular weight excluding hydrogens is 220 g/mol. The summed E-state index contributed by atoms with van der Waals surface area (Å²) in [6, 6.07) is 4.28. The molecule has 16 heavy (non-hydrogen) atoms. The molecule has 0 spiro atoms. The second-order valence-corrected chi connectivity index (χ2v) is 5.16. The zero-order chi connectivity index (χ0) is 11.6. The Labute approximate surface area is 98.9 Å². The van der Waals surface area contributed by atoms with E-state index in [-0.39, 0.29) is 5.41 Å². The van der Waals surface area contributed by atoms with Gasteiger partial charge in [-0.25, -0.2) is 0 Å². The van der Waals surface area contributed by atoms with E-state index in [1.165, 1.54) is 0 Å². The van der Waals surface area contributed by atoms with Crippen molar-refractivity contribution >= 4 is 18.0 Å². The van der Waals surface area contributed by atoms with Gasteiger partial charge >= 0.3 is 0 Å². The van der Waals surface area contributed by atoms with E-state index in [0.29, 0.717) is 5.69 Å². The molecule has 4 heteroatoms. The summed E-state index contributed by atoms with van der Waals surface area (Å²) in [4.78, 5) is 15.8. The number of nitriles is 1. The Hall–Kier alpha value is -1.34. The Bertz CT molecular complexity index is 461. The van der Waals surface area contributed by atoms with Crippen molar-refractivity contribution in [2.45, 2.75) is 30.1 Å². The molecule has 1 aromatic rings. The first-order chi connectivity index (χ1) is 7.75. The van der Waals surface area contributed by atoms with Crippen molar-refractivity contribution in [1.82, 2.24) is 4.98 Å². The lowest BCUT2D eigenvalue weighted by Gasteiger charge is -2.09. The summed E-state index contributed by atoms with van der Waals surface area (Å²) in [5.74, 6) is 0.894. The predicted molar refractivity (Wildman–Crippen MR) is 62.5 cm³/mol. The van der Waals surface area contributed by atoms with Gasteiger partial charge in [0.15, 0.2) is 6.29 Å². The average molecular weight is 232 g/mol. The molecule has 2 rings (SSSR count). The van der Waals surface area contributed by atoms with Gasteiger partial charge in [-0.2, -0.15) is 5.26 Å². The van der Waals surface area contributed by atoms with Crippen molar-refractivity contribution in [2.75, 3.05) is 5.75 Å². The van der Waals surface area contributed by atoms with Crippen LogP contribution in [0, 0.1) is 11.3 Å². The Morgan fingerprint density at radius 1 is 1.69 bits per heavy atom. The molecule has 1 aliphatic rings. The molecule has 0 atom stereocenters. The molecule has 0 aliphatic heterocycles. The van der Waals surface area contributed by atoms with Gasteiger partial charge in [-0.15, -0.1) is 11.8 Å². The van der Waals surface area contributed by atoms with Crippen LogP contribution in [-0.4, -0.2) is 17.0 Å². The van der Waals surface area contributed by atoms with Crippen molar-refractivity contribution in [1.29, 1.82) is 5.26 Å². The zero-order valence-corrected chi connectivity index (χ0v) is 9.88. The minimum Gasteiger partial charge on any atom is -0.296 e. The summed E-state index contributed by atoms with van der Waals surface area (Å²) in [6.45, 7) is 2.03. The lowest BCUT2D eigenvalue weighted by atomic mass is 10.00. The van der Waals surface area contributed by atoms with E-state index in [0.717, 1.165) is 35.3 Å². The van der Waals surface area contributed by atoms with Crippen molar-refractivity contribution in [3.05, 3.63) is 23.5 Å². The normalized spacial score (nSPS) is 16.5. The molecule has 0 N–H and O–H groups in total. The summed E-state index contributed by atoms with van der Waals surface area (Å²) in [5, 5.41) is 9.10. The first kappa shape index (κ1) is 11.2. The van der Waals surface area contributed by atoms with Crippen LogP contribution in [0.2, 0.25) is 0 Å². The molecule has 1 saturated carbocycles. The zero-order valence-electron chi connectivity index (χ0n) is 9.06. The summed E-state index contributed by atoms with van der Waals surface area (Å²) in [7, 11) is 0. The number of nitrogens with zero attached hydrogens (tertiary/aromatic N) is 2. The van der Waals surface area contributed by atoms with E-state index in [4.69, 9.17) is 5.26 Å². The van der Waals surface area contributed by atoms with E-state index >= 15 is 0 Å². The van der Waals surface area contributed by atoms with Gasteiger partial charge < -0.3 is 0 Å². The number of carbonyl (C=O) groups is 1. The van der Waals surface area contributed by atoms with Gasteiger partial charge in [0, 0.05) is 11.1 Å². The summed E-state index contributed by atoms with van der Waals surface area (Å²) in [5.41, 5.74) is 1.11. The molecular formula is C12H12N2OS. The lowest BCUT2D eigenvalue weighted by molar-refractivity contribution is 0.111. The molecule has 0 amide bonds. The van der Waals surface area contributed by atoms with Crippen molar-refractivity contribution in [2.24, 2.45) is 0 Å². The second kappa shape index (κ2) is 4.26. The van der Waals surface area contributed by atoms with E-state index < -0.39 is 0 Å². The summed E-state index contributed by atoms with van der Waals surface area (Å²) in [6.07, 6.45) is 4.25. The van der Waals surface area contributed by atoms with Gasteiger partial charge in [-0.1, -0.05) is 6.92 Å². The van der Waals surface area contributed by atoms with Crippen molar-refractivity contribution in [3.8, 4) is 6.07 Å². The molecule has 0 radical (unpaired) electrons. The highest BCUT2D eigenvalue weighted by Crippen LogP contribution is 2.48. The highest BCUT2D eigenvalue weighted by molar-refractivity contribution is 7.99. The molecule has 82 valence electrons. The topological polar surface area (TPSA) is 53.8 Å². The maximum absolute atomic E-state index is 10.8. The van der Waals surface area contributed by atoms with Crippen LogP contribution >= 0.6 is 11.8 Å². The number of hydrogen-bond acceptors (Lipinski definition) is 4. The Morgan fingerprint density at radius 3 is 2.94 bits per heavy atom. The third-order valence-electron chi connectivity index (χ3n) is 2.81. The Balaban J connectivity index is 2.40. The molecule has 1 fully saturated rings. The predicted octanol–water partition coefficient (Wildman–Crippen LogP) is 2.56. The lowest BCUT2D eigenvalue weighted by Crippen LogP contribution is -2.05. The van der Waals surface area contributed by atoms with Gasteiger partial charge in [0.2, 0.25) is 0 Å². The van der Waals surface area contributed by atoms with Crippen LogP contribution in [0.15, 0.2) is 17.2 Å². The second-order valence-electron chi connectivity index (χ2n) is 3.85. The number of carbonyl (C=O) groups excluding carboxylic acids is 1. The van der Waals surface area contributed by atoms with Gasteiger partial charge in [-0.3, -0.25) is 9.78 Å². The Morgan fingerprint density at radius 2 is 2.44 bits per heavy atom. The van der Waals surface area contributed by atoms with Crippen LogP contribution < -0.4 is 0 Å². The standard InChI is InChI=1S/C12H12N2OS/c1-2-16-11-5-9(6-14-10(11)7-15)12(8-13)3-4-12/h5-7H,2-4H2,1H3. The molecule has 1 aliphatic carbocycles. The number of thioether (sulfide) groups is 1. The number of aromatic nitrogens is 1. The maximum atomic E-state index is 10.8. The van der Waals surface area contributed by atoms with Crippen LogP contribution in [0.25, 0.3) is 0 Å². The summed E-state index contributed by atoms with van der Waals surface area (Å²) < 4.78 is 0. The first-order valence-electron chi connectivity index (χ1n) is 5.25. The number of hydrogen-bond donors (Lipinski definition) is 0. The molecule has 1 aromatic heterocycles. The molecule has 3 nitrogen and oxygen atoms in total. The molecule has 0 unspecified atom stereocenters. The quantitative estimate of drug-likeness (QED) is 0.591. The third-order valence-corrected chi connectivity index (χ3v) is 3.74. The van der Waals surface area contributed by atoms with E-state index in [1.54, 1.807) is 18.0 Å². The number of aldehydes is 1. The highest BCUT2D eigenvalue weighted by atomic mass is 32.2. The Kier molecular flexibility index (Phi) is 2.97. The fourth-order valence-corrected chi connectivity index (χ4v) is 2.44. The van der Waals surface area contributed by atoms with Gasteiger partial charge in [0.25, 0.3) is 0 Å². The maximum Gasteiger partial charge on any atom is 0.169 e. The van der Waals surface area contributed by atoms with Crippen molar-refractivity contribution in [3.63, 3.8) is 0 Å². The van der Waals surface area contributed by atoms with Crippen LogP contribution in [-0.2, 0) is 5.41 Å². The van der Waals surface area contributed by atoms with Crippen LogP contribution in [0.4, 0.5) is 0 Å². The minimum absolute atomic E-state index is 0.322. The van der Waals surface area contributed by atoms with Gasteiger partial charge in [-0.05, 0) is 30.2 Å².